The van der Waals surface area contributed by atoms with E-state index in [1.54, 1.807) is 13.0 Å². The summed E-state index contributed by atoms with van der Waals surface area (Å²) in [5, 5.41) is 13.7. The summed E-state index contributed by atoms with van der Waals surface area (Å²) in [6.45, 7) is 4.87. The number of aryl methyl sites for hydroxylation is 3. The first-order valence-electron chi connectivity index (χ1n) is 8.42. The van der Waals surface area contributed by atoms with Gasteiger partial charge in [0.2, 0.25) is 0 Å². The molecule has 0 aliphatic rings. The number of nitro benzene ring substituents is 1. The van der Waals surface area contributed by atoms with Crippen LogP contribution in [0.4, 0.5) is 5.69 Å². The molecule has 1 aromatic heterocycles. The van der Waals surface area contributed by atoms with Crippen LogP contribution in [0.25, 0.3) is 11.0 Å². The third-order valence-corrected chi connectivity index (χ3v) is 4.35. The van der Waals surface area contributed by atoms with Crippen molar-refractivity contribution in [1.29, 1.82) is 0 Å². The maximum Gasteiger partial charge on any atom is 0.272 e. The lowest BCUT2D eigenvalue weighted by Crippen LogP contribution is -2.25. The van der Waals surface area contributed by atoms with E-state index in [-0.39, 0.29) is 11.6 Å². The Kier molecular flexibility index (Phi) is 4.97. The molecule has 0 bridgehead atoms. The lowest BCUT2D eigenvalue weighted by atomic mass is 10.1. The number of fused-ring (bicyclic) bond motifs is 1. The highest BCUT2D eigenvalue weighted by Gasteiger charge is 2.13. The van der Waals surface area contributed by atoms with Gasteiger partial charge in [-0.2, -0.15) is 0 Å². The molecule has 1 N–H and O–H groups in total. The predicted octanol–water partition coefficient (Wildman–Crippen LogP) is 3.38. The second-order valence-corrected chi connectivity index (χ2v) is 6.17. The van der Waals surface area contributed by atoms with Crippen LogP contribution >= 0.6 is 0 Å². The van der Waals surface area contributed by atoms with E-state index < -0.39 is 4.92 Å². The molecule has 7 heteroatoms. The van der Waals surface area contributed by atoms with Gasteiger partial charge in [-0.25, -0.2) is 4.98 Å². The number of nitro groups is 1. The normalized spacial score (nSPS) is 10.8. The third kappa shape index (κ3) is 3.56. The zero-order valence-corrected chi connectivity index (χ0v) is 14.7. The van der Waals surface area contributed by atoms with Crippen LogP contribution in [0.2, 0.25) is 0 Å². The third-order valence-electron chi connectivity index (χ3n) is 4.35. The fourth-order valence-corrected chi connectivity index (χ4v) is 3.02. The minimum atomic E-state index is -0.450. The molecular weight excluding hydrogens is 332 g/mol. The standard InChI is InChI=1S/C19H20N4O3/c1-13-12-15(8-9-17(13)23(25)26)19(24)20-10-5-11-22-14(2)21-16-6-3-4-7-18(16)22/h3-4,6-9,12H,5,10-11H2,1-2H3,(H,20,24). The van der Waals surface area contributed by atoms with E-state index in [4.69, 9.17) is 0 Å². The van der Waals surface area contributed by atoms with Gasteiger partial charge in [-0.1, -0.05) is 12.1 Å². The summed E-state index contributed by atoms with van der Waals surface area (Å²) in [4.78, 5) is 27.1. The molecule has 0 aliphatic carbocycles. The lowest BCUT2D eigenvalue weighted by Gasteiger charge is -2.09. The van der Waals surface area contributed by atoms with Crippen molar-refractivity contribution in [3.8, 4) is 0 Å². The maximum atomic E-state index is 12.2. The number of carbonyl (C=O) groups excluding carboxylic acids is 1. The number of aromatic nitrogens is 2. The molecule has 0 radical (unpaired) electrons. The summed E-state index contributed by atoms with van der Waals surface area (Å²) in [7, 11) is 0. The van der Waals surface area contributed by atoms with E-state index in [1.165, 1.54) is 12.1 Å². The van der Waals surface area contributed by atoms with Crippen LogP contribution in [0.1, 0.15) is 28.2 Å². The van der Waals surface area contributed by atoms with Crippen molar-refractivity contribution >= 4 is 22.6 Å². The van der Waals surface area contributed by atoms with E-state index in [1.807, 2.05) is 31.2 Å². The Morgan fingerprint density at radius 3 is 2.73 bits per heavy atom. The van der Waals surface area contributed by atoms with Gasteiger partial charge >= 0.3 is 0 Å². The molecule has 1 heterocycles. The Bertz CT molecular complexity index is 978. The fourth-order valence-electron chi connectivity index (χ4n) is 3.02. The number of para-hydroxylation sites is 2. The van der Waals surface area contributed by atoms with Crippen LogP contribution in [0.3, 0.4) is 0 Å². The first kappa shape index (κ1) is 17.6. The van der Waals surface area contributed by atoms with Crippen LogP contribution in [-0.2, 0) is 6.54 Å². The number of imidazole rings is 1. The highest BCUT2D eigenvalue weighted by atomic mass is 16.6. The van der Waals surface area contributed by atoms with Crippen LogP contribution in [0.5, 0.6) is 0 Å². The van der Waals surface area contributed by atoms with Crippen molar-refractivity contribution in [2.75, 3.05) is 6.54 Å². The minimum absolute atomic E-state index is 0.0176. The van der Waals surface area contributed by atoms with Crippen LogP contribution in [-0.4, -0.2) is 26.9 Å². The van der Waals surface area contributed by atoms with Crippen LogP contribution in [0.15, 0.2) is 42.5 Å². The van der Waals surface area contributed by atoms with Crippen LogP contribution in [0, 0.1) is 24.0 Å². The predicted molar refractivity (Wildman–Crippen MR) is 99.3 cm³/mol. The average Bonchev–Trinajstić information content (AvgIpc) is 2.93. The molecule has 0 fully saturated rings. The van der Waals surface area contributed by atoms with E-state index >= 15 is 0 Å². The molecule has 134 valence electrons. The van der Waals surface area contributed by atoms with E-state index in [9.17, 15) is 14.9 Å². The molecule has 7 nitrogen and oxygen atoms in total. The van der Waals surface area contributed by atoms with Gasteiger partial charge < -0.3 is 9.88 Å². The number of rotatable bonds is 6. The van der Waals surface area contributed by atoms with Crippen molar-refractivity contribution in [3.63, 3.8) is 0 Å². The lowest BCUT2D eigenvalue weighted by molar-refractivity contribution is -0.385. The second kappa shape index (κ2) is 7.35. The molecule has 0 unspecified atom stereocenters. The van der Waals surface area contributed by atoms with Gasteiger partial charge in [0.05, 0.1) is 16.0 Å². The molecule has 0 saturated carbocycles. The van der Waals surface area contributed by atoms with E-state index in [0.29, 0.717) is 17.7 Å². The van der Waals surface area contributed by atoms with Crippen molar-refractivity contribution in [2.45, 2.75) is 26.8 Å². The molecule has 0 aliphatic heterocycles. The van der Waals surface area contributed by atoms with Gasteiger partial charge in [0, 0.05) is 30.3 Å². The summed E-state index contributed by atoms with van der Waals surface area (Å²) in [5.41, 5.74) is 2.97. The molecule has 1 amide bonds. The summed E-state index contributed by atoms with van der Waals surface area (Å²) < 4.78 is 2.14. The zero-order valence-electron chi connectivity index (χ0n) is 14.7. The molecular formula is C19H20N4O3. The van der Waals surface area contributed by atoms with Gasteiger partial charge in [0.25, 0.3) is 11.6 Å². The number of hydrogen-bond donors (Lipinski definition) is 1. The summed E-state index contributed by atoms with van der Waals surface area (Å²) in [5.74, 6) is 0.721. The highest BCUT2D eigenvalue weighted by Crippen LogP contribution is 2.19. The summed E-state index contributed by atoms with van der Waals surface area (Å²) in [6, 6.07) is 12.4. The van der Waals surface area contributed by atoms with Crippen molar-refractivity contribution in [3.05, 3.63) is 69.5 Å². The average molecular weight is 352 g/mol. The summed E-state index contributed by atoms with van der Waals surface area (Å²) in [6.07, 6.45) is 0.763. The van der Waals surface area contributed by atoms with E-state index in [2.05, 4.69) is 14.9 Å². The minimum Gasteiger partial charge on any atom is -0.352 e. The van der Waals surface area contributed by atoms with Gasteiger partial charge in [0.15, 0.2) is 0 Å². The number of amides is 1. The number of nitrogens with one attached hydrogen (secondary N) is 1. The molecule has 2 aromatic carbocycles. The fraction of sp³-hybridized carbons (Fsp3) is 0.263. The van der Waals surface area contributed by atoms with Gasteiger partial charge in [-0.15, -0.1) is 0 Å². The molecule has 3 aromatic rings. The first-order chi connectivity index (χ1) is 12.5. The molecule has 0 saturated heterocycles. The van der Waals surface area contributed by atoms with E-state index in [0.717, 1.165) is 29.8 Å². The highest BCUT2D eigenvalue weighted by molar-refractivity contribution is 5.94. The largest absolute Gasteiger partial charge is 0.352 e. The van der Waals surface area contributed by atoms with Gasteiger partial charge in [0.1, 0.15) is 5.82 Å². The number of hydrogen-bond acceptors (Lipinski definition) is 4. The Hall–Kier alpha value is -3.22. The smallest absolute Gasteiger partial charge is 0.272 e. The quantitative estimate of drug-likeness (QED) is 0.418. The van der Waals surface area contributed by atoms with Crippen molar-refractivity contribution in [2.24, 2.45) is 0 Å². The molecule has 26 heavy (non-hydrogen) atoms. The number of nitrogens with zero attached hydrogens (tertiary/aromatic N) is 3. The first-order valence-corrected chi connectivity index (χ1v) is 8.42. The SMILES string of the molecule is Cc1cc(C(=O)NCCCn2c(C)nc3ccccc32)ccc1[N+](=O)[O-]. The van der Waals surface area contributed by atoms with Gasteiger partial charge in [-0.3, -0.25) is 14.9 Å². The molecule has 0 spiro atoms. The monoisotopic (exact) mass is 352 g/mol. The van der Waals surface area contributed by atoms with Crippen molar-refractivity contribution < 1.29 is 9.72 Å². The Morgan fingerprint density at radius 2 is 2.00 bits per heavy atom. The molecule has 3 rings (SSSR count). The molecule has 0 atom stereocenters. The zero-order chi connectivity index (χ0) is 18.7. The maximum absolute atomic E-state index is 12.2. The topological polar surface area (TPSA) is 90.1 Å². The van der Waals surface area contributed by atoms with Crippen LogP contribution < -0.4 is 5.32 Å². The number of carbonyl (C=O) groups is 1. The second-order valence-electron chi connectivity index (χ2n) is 6.17. The Labute approximate surface area is 150 Å². The van der Waals surface area contributed by atoms with Gasteiger partial charge in [-0.05, 0) is 44.5 Å². The van der Waals surface area contributed by atoms with Crippen molar-refractivity contribution in [1.82, 2.24) is 14.9 Å². The number of benzene rings is 2. The Morgan fingerprint density at radius 1 is 1.23 bits per heavy atom. The summed E-state index contributed by atoms with van der Waals surface area (Å²) >= 11 is 0. The Balaban J connectivity index is 1.58.